The maximum atomic E-state index is 12.0. The largest absolute Gasteiger partial charge is 0.508 e. The summed E-state index contributed by atoms with van der Waals surface area (Å²) in [6, 6.07) is 0. The van der Waals surface area contributed by atoms with Crippen LogP contribution in [0.4, 0.5) is 0 Å². The lowest BCUT2D eigenvalue weighted by Crippen LogP contribution is -2.52. The van der Waals surface area contributed by atoms with Crippen LogP contribution in [0, 0.1) is 22.7 Å². The Morgan fingerprint density at radius 1 is 1.15 bits per heavy atom. The summed E-state index contributed by atoms with van der Waals surface area (Å²) in [6.07, 6.45) is 3.93. The zero-order chi connectivity index (χ0) is 20.5. The number of aliphatic hydroxyl groups is 2. The third kappa shape index (κ3) is 3.36. The van der Waals surface area contributed by atoms with Crippen molar-refractivity contribution in [3.8, 4) is 0 Å². The summed E-state index contributed by atoms with van der Waals surface area (Å²) in [5.41, 5.74) is -0.791. The molecule has 3 nitrogen and oxygen atoms in total. The quantitative estimate of drug-likeness (QED) is 0.275. The van der Waals surface area contributed by atoms with Crippen molar-refractivity contribution in [2.24, 2.45) is 22.7 Å². The van der Waals surface area contributed by atoms with Gasteiger partial charge in [0.25, 0.3) is 0 Å². The summed E-state index contributed by atoms with van der Waals surface area (Å²) in [7, 11) is 13.9. The van der Waals surface area contributed by atoms with Gasteiger partial charge in [0.15, 0.2) is 0 Å². The summed E-state index contributed by atoms with van der Waals surface area (Å²) < 4.78 is 6.64. The van der Waals surface area contributed by atoms with Crippen LogP contribution in [0.5, 0.6) is 0 Å². The molecule has 3 aliphatic rings. The van der Waals surface area contributed by atoms with Crippen molar-refractivity contribution in [1.82, 2.24) is 0 Å². The minimum Gasteiger partial charge on any atom is -0.508 e. The molecule has 154 valence electrons. The van der Waals surface area contributed by atoms with Gasteiger partial charge in [-0.1, -0.05) is 59.2 Å². The van der Waals surface area contributed by atoms with E-state index in [1.54, 1.807) is 0 Å². The van der Waals surface area contributed by atoms with E-state index < -0.39 is 25.5 Å². The van der Waals surface area contributed by atoms with Crippen LogP contribution < -0.4 is 0 Å². The average Bonchev–Trinajstić information content (AvgIpc) is 2.76. The Bertz CT molecular complexity index is 694. The number of rotatable bonds is 5. The van der Waals surface area contributed by atoms with Gasteiger partial charge < -0.3 is 14.7 Å². The first-order chi connectivity index (χ1) is 12.3. The van der Waals surface area contributed by atoms with Crippen molar-refractivity contribution >= 4 is 73.1 Å². The van der Waals surface area contributed by atoms with E-state index in [2.05, 4.69) is 71.5 Å². The highest BCUT2D eigenvalue weighted by atomic mass is 33.1. The fourth-order valence-electron chi connectivity index (χ4n) is 5.65. The van der Waals surface area contributed by atoms with Crippen LogP contribution in [0.1, 0.15) is 40.5 Å². The van der Waals surface area contributed by atoms with E-state index >= 15 is 0 Å². The highest BCUT2D eigenvalue weighted by Crippen LogP contribution is 3.06. The molecule has 0 radical (unpaired) electrons. The standard InChI is InChI=1S/C15H31O3P9/c1-8-5-6-10-7-14(17)9(2)11(12(16)15(8,14)13(10,3)4)18-24(25(19)20)27(23)26(21)22/h5,9-10,16-17H,6-7,19-23H2,1-4H3/t9-,10?,14+,15?,24?,27?/m1/s1. The third-order valence-electron chi connectivity index (χ3n) is 6.98. The van der Waals surface area contributed by atoms with E-state index in [1.807, 2.05) is 6.92 Å². The van der Waals surface area contributed by atoms with Gasteiger partial charge in [0.2, 0.25) is 0 Å². The average molecular weight is 538 g/mol. The molecule has 0 aliphatic heterocycles. The van der Waals surface area contributed by atoms with Gasteiger partial charge in [-0.3, -0.25) is 0 Å². The number of fused-ring (bicyclic) bond motifs is 1. The summed E-state index contributed by atoms with van der Waals surface area (Å²) in [5, 5.41) is 23.6. The summed E-state index contributed by atoms with van der Waals surface area (Å²) >= 11 is 0. The van der Waals surface area contributed by atoms with Crippen molar-refractivity contribution in [3.05, 3.63) is 23.2 Å². The minimum absolute atomic E-state index is 0.195. The number of aliphatic hydroxyl groups excluding tert-OH is 1. The van der Waals surface area contributed by atoms with Gasteiger partial charge in [-0.2, -0.15) is 0 Å². The summed E-state index contributed by atoms with van der Waals surface area (Å²) in [4.78, 5) is 0. The molecule has 0 heterocycles. The van der Waals surface area contributed by atoms with Gasteiger partial charge in [-0.25, -0.2) is 0 Å². The van der Waals surface area contributed by atoms with Gasteiger partial charge in [0.05, 0.1) is 11.0 Å². The number of hydrogen-bond donors (Lipinski definition) is 2. The maximum absolute atomic E-state index is 12.0. The Labute approximate surface area is 179 Å². The molecule has 1 saturated carbocycles. The Balaban J connectivity index is 2.12. The first kappa shape index (κ1) is 24.6. The molecule has 0 aromatic carbocycles. The molecular weight excluding hydrogens is 507 g/mol. The van der Waals surface area contributed by atoms with Crippen LogP contribution in [-0.4, -0.2) is 15.8 Å². The summed E-state index contributed by atoms with van der Waals surface area (Å²) in [6.45, 7) is 7.46. The zero-order valence-corrected chi connectivity index (χ0v) is 25.5. The predicted molar refractivity (Wildman–Crippen MR) is 144 cm³/mol. The van der Waals surface area contributed by atoms with Crippen molar-refractivity contribution < 1.29 is 14.7 Å². The molecule has 0 aromatic heterocycles. The van der Waals surface area contributed by atoms with Crippen LogP contribution in [0.25, 0.3) is 0 Å². The monoisotopic (exact) mass is 538 g/mol. The van der Waals surface area contributed by atoms with E-state index in [4.69, 9.17) is 4.52 Å². The van der Waals surface area contributed by atoms with E-state index in [0.717, 1.165) is 18.4 Å². The van der Waals surface area contributed by atoms with Gasteiger partial charge >= 0.3 is 0 Å². The molecule has 2 bridgehead atoms. The molecule has 0 amide bonds. The number of allylic oxidation sites excluding steroid dienone is 1. The Morgan fingerprint density at radius 2 is 1.74 bits per heavy atom. The molecular formula is C15H31O3P9. The van der Waals surface area contributed by atoms with Gasteiger partial charge in [0.1, 0.15) is 19.0 Å². The SMILES string of the molecule is CC1=CCC2C[C@]3(O)[C@H](C)C(OP(P(P)P)P(P)P(P)P)=C(O)C13C2(C)C. The highest BCUT2D eigenvalue weighted by molar-refractivity contribution is 9.07. The van der Waals surface area contributed by atoms with Crippen molar-refractivity contribution in [1.29, 1.82) is 0 Å². The predicted octanol–water partition coefficient (Wildman–Crippen LogP) is 8.07. The second-order valence-corrected chi connectivity index (χ2v) is 40.2. The second-order valence-electron chi connectivity index (χ2n) is 8.28. The lowest BCUT2D eigenvalue weighted by atomic mass is 9.54. The topological polar surface area (TPSA) is 49.7 Å². The zero-order valence-electron chi connectivity index (χ0n) is 16.1. The first-order valence-electron chi connectivity index (χ1n) is 8.79. The number of hydrogen-bond acceptors (Lipinski definition) is 3. The van der Waals surface area contributed by atoms with E-state index in [9.17, 15) is 10.2 Å². The van der Waals surface area contributed by atoms with Crippen LogP contribution in [0.3, 0.4) is 0 Å². The first-order valence-corrected chi connectivity index (χ1v) is 24.3. The molecule has 27 heavy (non-hydrogen) atoms. The highest BCUT2D eigenvalue weighted by Gasteiger charge is 2.77. The third-order valence-corrected chi connectivity index (χ3v) is 47.0. The van der Waals surface area contributed by atoms with Gasteiger partial charge in [-0.05, 0) is 38.1 Å². The molecule has 3 aliphatic carbocycles. The molecule has 0 aromatic rings. The second kappa shape index (κ2) is 8.36. The van der Waals surface area contributed by atoms with E-state index in [1.165, 1.54) is 0 Å². The van der Waals surface area contributed by atoms with Crippen LogP contribution in [0.15, 0.2) is 23.2 Å². The van der Waals surface area contributed by atoms with Crippen molar-refractivity contribution in [2.45, 2.75) is 46.1 Å². The lowest BCUT2D eigenvalue weighted by Gasteiger charge is -2.50. The molecule has 1 spiro atoms. The molecule has 12 heteroatoms. The maximum Gasteiger partial charge on any atom is 0.150 e. The van der Waals surface area contributed by atoms with Crippen LogP contribution in [0.2, 0.25) is 0 Å². The van der Waals surface area contributed by atoms with E-state index in [0.29, 0.717) is 17.4 Å². The smallest absolute Gasteiger partial charge is 0.150 e. The molecule has 0 saturated heterocycles. The molecule has 11 atom stereocenters. The fraction of sp³-hybridized carbons (Fsp3) is 0.733. The molecule has 1 fully saturated rings. The lowest BCUT2D eigenvalue weighted by molar-refractivity contribution is -0.0836. The van der Waals surface area contributed by atoms with Crippen LogP contribution >= 0.6 is 73.1 Å². The van der Waals surface area contributed by atoms with Crippen molar-refractivity contribution in [2.75, 3.05) is 0 Å². The Morgan fingerprint density at radius 3 is 2.26 bits per heavy atom. The van der Waals surface area contributed by atoms with Crippen molar-refractivity contribution in [3.63, 3.8) is 0 Å². The minimum atomic E-state index is -0.973. The normalized spacial score (nSPS) is 39.6. The molecule has 3 rings (SSSR count). The van der Waals surface area contributed by atoms with Gasteiger partial charge in [-0.15, -0.1) is 17.9 Å². The molecule has 9 unspecified atom stereocenters. The Hall–Kier alpha value is 2.91. The van der Waals surface area contributed by atoms with Gasteiger partial charge in [0, 0.05) is 19.9 Å². The molecule has 2 N–H and O–H groups in total. The fourth-order valence-corrected chi connectivity index (χ4v) is 49.1. The van der Waals surface area contributed by atoms with Crippen LogP contribution in [-0.2, 0) is 4.52 Å². The summed E-state index contributed by atoms with van der Waals surface area (Å²) in [5.74, 6) is 1.11. The van der Waals surface area contributed by atoms with E-state index in [-0.39, 0.29) is 25.3 Å². The Kier molecular flexibility index (Phi) is 7.60.